The van der Waals surface area contributed by atoms with Gasteiger partial charge < -0.3 is 20.1 Å². The van der Waals surface area contributed by atoms with Gasteiger partial charge in [-0.05, 0) is 6.92 Å². The average Bonchev–Trinajstić information content (AvgIpc) is 2.20. The quantitative estimate of drug-likeness (QED) is 0.634. The molecule has 1 aliphatic heterocycles. The summed E-state index contributed by atoms with van der Waals surface area (Å²) in [7, 11) is 0. The maximum atomic E-state index is 11.4. The lowest BCUT2D eigenvalue weighted by molar-refractivity contribution is -0.144. The third-order valence-electron chi connectivity index (χ3n) is 2.17. The first-order chi connectivity index (χ1) is 6.77. The molecule has 2 N–H and O–H groups in total. The second-order valence-electron chi connectivity index (χ2n) is 3.21. The van der Waals surface area contributed by atoms with Crippen molar-refractivity contribution >= 4 is 5.91 Å². The highest BCUT2D eigenvalue weighted by Gasteiger charge is 2.21. The van der Waals surface area contributed by atoms with Gasteiger partial charge in [-0.3, -0.25) is 4.79 Å². The molecule has 0 bridgehead atoms. The lowest BCUT2D eigenvalue weighted by Gasteiger charge is -2.29. The van der Waals surface area contributed by atoms with Crippen LogP contribution >= 0.6 is 0 Å². The van der Waals surface area contributed by atoms with Gasteiger partial charge in [0, 0.05) is 26.2 Å². The predicted octanol–water partition coefficient (Wildman–Crippen LogP) is -0.791. The van der Waals surface area contributed by atoms with E-state index in [2.05, 4.69) is 0 Å². The van der Waals surface area contributed by atoms with Crippen molar-refractivity contribution in [1.82, 2.24) is 4.90 Å². The molecule has 0 saturated carbocycles. The van der Waals surface area contributed by atoms with Crippen molar-refractivity contribution in [3.63, 3.8) is 0 Å². The number of amides is 1. The van der Waals surface area contributed by atoms with Crippen LogP contribution in [0.15, 0.2) is 0 Å². The topological polar surface area (TPSA) is 64.8 Å². The normalized spacial score (nSPS) is 19.9. The van der Waals surface area contributed by atoms with Gasteiger partial charge in [-0.25, -0.2) is 0 Å². The number of hydrogen-bond donors (Lipinski definition) is 1. The Hall–Kier alpha value is -0.650. The van der Waals surface area contributed by atoms with Crippen molar-refractivity contribution in [3.05, 3.63) is 0 Å². The minimum absolute atomic E-state index is 0.0226. The summed E-state index contributed by atoms with van der Waals surface area (Å²) < 4.78 is 10.4. The average molecular weight is 202 g/mol. The SMILES string of the molecule is CCO[C@@H](CN)CN1CCOCC1=O. The molecule has 0 radical (unpaired) electrons. The number of ether oxygens (including phenoxy) is 2. The minimum Gasteiger partial charge on any atom is -0.375 e. The third kappa shape index (κ3) is 3.25. The molecule has 0 unspecified atom stereocenters. The van der Waals surface area contributed by atoms with Gasteiger partial charge in [-0.15, -0.1) is 0 Å². The molecular formula is C9H18N2O3. The first kappa shape index (κ1) is 11.4. The number of rotatable bonds is 5. The molecule has 0 spiro atoms. The summed E-state index contributed by atoms with van der Waals surface area (Å²) in [5.74, 6) is 0.0226. The highest BCUT2D eigenvalue weighted by molar-refractivity contribution is 5.78. The second-order valence-corrected chi connectivity index (χ2v) is 3.21. The molecule has 0 aromatic carbocycles. The zero-order valence-electron chi connectivity index (χ0n) is 8.57. The van der Waals surface area contributed by atoms with Gasteiger partial charge >= 0.3 is 0 Å². The molecule has 0 aromatic rings. The molecule has 82 valence electrons. The van der Waals surface area contributed by atoms with E-state index < -0.39 is 0 Å². The molecular weight excluding hydrogens is 184 g/mol. The molecule has 1 aliphatic rings. The van der Waals surface area contributed by atoms with Gasteiger partial charge in [0.15, 0.2) is 0 Å². The summed E-state index contributed by atoms with van der Waals surface area (Å²) in [5, 5.41) is 0. The van der Waals surface area contributed by atoms with Crippen molar-refractivity contribution < 1.29 is 14.3 Å². The summed E-state index contributed by atoms with van der Waals surface area (Å²) >= 11 is 0. The van der Waals surface area contributed by atoms with Crippen LogP contribution in [0.25, 0.3) is 0 Å². The van der Waals surface area contributed by atoms with Crippen LogP contribution in [0.4, 0.5) is 0 Å². The summed E-state index contributed by atoms with van der Waals surface area (Å²) in [4.78, 5) is 13.1. The smallest absolute Gasteiger partial charge is 0.248 e. The van der Waals surface area contributed by atoms with Gasteiger partial charge in [-0.2, -0.15) is 0 Å². The molecule has 14 heavy (non-hydrogen) atoms. The standard InChI is InChI=1S/C9H18N2O3/c1-2-14-8(5-10)6-11-3-4-13-7-9(11)12/h8H,2-7,10H2,1H3/t8-/m0/s1. The molecule has 1 atom stereocenters. The monoisotopic (exact) mass is 202 g/mol. The van der Waals surface area contributed by atoms with Crippen LogP contribution in [0.2, 0.25) is 0 Å². The molecule has 1 rings (SSSR count). The Morgan fingerprint density at radius 3 is 3.07 bits per heavy atom. The molecule has 5 heteroatoms. The second kappa shape index (κ2) is 5.95. The number of carbonyl (C=O) groups excluding carboxylic acids is 1. The van der Waals surface area contributed by atoms with Crippen LogP contribution in [0.1, 0.15) is 6.92 Å². The van der Waals surface area contributed by atoms with E-state index in [0.29, 0.717) is 32.8 Å². The molecule has 1 fully saturated rings. The van der Waals surface area contributed by atoms with Crippen molar-refractivity contribution in [3.8, 4) is 0 Å². The predicted molar refractivity (Wildman–Crippen MR) is 51.9 cm³/mol. The summed E-state index contributed by atoms with van der Waals surface area (Å²) in [6.07, 6.45) is -0.0537. The molecule has 1 amide bonds. The Morgan fingerprint density at radius 1 is 1.71 bits per heavy atom. The number of carbonyl (C=O) groups is 1. The number of nitrogens with two attached hydrogens (primary N) is 1. The van der Waals surface area contributed by atoms with Crippen molar-refractivity contribution in [2.24, 2.45) is 5.73 Å². The highest BCUT2D eigenvalue weighted by atomic mass is 16.5. The van der Waals surface area contributed by atoms with E-state index in [1.807, 2.05) is 6.92 Å². The number of nitrogens with zero attached hydrogens (tertiary/aromatic N) is 1. The minimum atomic E-state index is -0.0537. The fourth-order valence-electron chi connectivity index (χ4n) is 1.42. The maximum Gasteiger partial charge on any atom is 0.248 e. The van der Waals surface area contributed by atoms with Gasteiger partial charge in [0.2, 0.25) is 5.91 Å². The zero-order valence-corrected chi connectivity index (χ0v) is 8.57. The summed E-state index contributed by atoms with van der Waals surface area (Å²) in [6.45, 7) is 5.00. The first-order valence-electron chi connectivity index (χ1n) is 4.95. The van der Waals surface area contributed by atoms with E-state index in [4.69, 9.17) is 15.2 Å². The fourth-order valence-corrected chi connectivity index (χ4v) is 1.42. The molecule has 5 nitrogen and oxygen atoms in total. The van der Waals surface area contributed by atoms with E-state index in [1.165, 1.54) is 0 Å². The van der Waals surface area contributed by atoms with Gasteiger partial charge in [0.05, 0.1) is 12.7 Å². The highest BCUT2D eigenvalue weighted by Crippen LogP contribution is 2.02. The summed E-state index contributed by atoms with van der Waals surface area (Å²) in [6, 6.07) is 0. The molecule has 0 aliphatic carbocycles. The Balaban J connectivity index is 2.35. The molecule has 0 aromatic heterocycles. The van der Waals surface area contributed by atoms with E-state index >= 15 is 0 Å². The molecule has 1 heterocycles. The number of morpholine rings is 1. The first-order valence-corrected chi connectivity index (χ1v) is 4.95. The van der Waals surface area contributed by atoms with Crippen LogP contribution < -0.4 is 5.73 Å². The van der Waals surface area contributed by atoms with Crippen molar-refractivity contribution in [2.45, 2.75) is 13.0 Å². The van der Waals surface area contributed by atoms with Crippen molar-refractivity contribution in [1.29, 1.82) is 0 Å². The van der Waals surface area contributed by atoms with Crippen LogP contribution in [-0.4, -0.2) is 56.4 Å². The fraction of sp³-hybridized carbons (Fsp3) is 0.889. The summed E-state index contributed by atoms with van der Waals surface area (Å²) in [5.41, 5.74) is 5.53. The Morgan fingerprint density at radius 2 is 2.50 bits per heavy atom. The maximum absolute atomic E-state index is 11.4. The lowest BCUT2D eigenvalue weighted by Crippen LogP contribution is -2.47. The van der Waals surface area contributed by atoms with Crippen LogP contribution in [0.3, 0.4) is 0 Å². The molecule has 1 saturated heterocycles. The lowest BCUT2D eigenvalue weighted by atomic mass is 10.3. The Kier molecular flexibility index (Phi) is 4.86. The van der Waals surface area contributed by atoms with Crippen molar-refractivity contribution in [2.75, 3.05) is 39.5 Å². The van der Waals surface area contributed by atoms with Gasteiger partial charge in [0.25, 0.3) is 0 Å². The number of hydrogen-bond acceptors (Lipinski definition) is 4. The third-order valence-corrected chi connectivity index (χ3v) is 2.17. The van der Waals surface area contributed by atoms with Crippen LogP contribution in [0, 0.1) is 0 Å². The van der Waals surface area contributed by atoms with Crippen LogP contribution in [0.5, 0.6) is 0 Å². The van der Waals surface area contributed by atoms with E-state index in [0.717, 1.165) is 0 Å². The van der Waals surface area contributed by atoms with E-state index in [9.17, 15) is 4.79 Å². The van der Waals surface area contributed by atoms with E-state index in [1.54, 1.807) is 4.90 Å². The zero-order chi connectivity index (χ0) is 10.4. The largest absolute Gasteiger partial charge is 0.375 e. The van der Waals surface area contributed by atoms with E-state index in [-0.39, 0.29) is 18.6 Å². The van der Waals surface area contributed by atoms with Gasteiger partial charge in [0.1, 0.15) is 6.61 Å². The van der Waals surface area contributed by atoms with Crippen LogP contribution in [-0.2, 0) is 14.3 Å². The Labute approximate surface area is 84.1 Å². The Bertz CT molecular complexity index is 187. The van der Waals surface area contributed by atoms with Gasteiger partial charge in [-0.1, -0.05) is 0 Å².